The van der Waals surface area contributed by atoms with Gasteiger partial charge in [0.25, 0.3) is 0 Å². The van der Waals surface area contributed by atoms with Gasteiger partial charge < -0.3 is 15.3 Å². The fraction of sp³-hybridized carbons (Fsp3) is 0.885. The summed E-state index contributed by atoms with van der Waals surface area (Å²) >= 11 is 3.37. The zero-order valence-corrected chi connectivity index (χ0v) is 60.8. The summed E-state index contributed by atoms with van der Waals surface area (Å²) in [7, 11) is 0. The van der Waals surface area contributed by atoms with Gasteiger partial charge in [0.1, 0.15) is 35.9 Å². The van der Waals surface area contributed by atoms with E-state index in [4.69, 9.17) is 0 Å². The van der Waals surface area contributed by atoms with Gasteiger partial charge in [0.05, 0.1) is 51.6 Å². The summed E-state index contributed by atoms with van der Waals surface area (Å²) in [4.78, 5) is 40.8. The highest BCUT2D eigenvalue weighted by Gasteiger charge is 2.67. The molecule has 15 fully saturated rings. The van der Waals surface area contributed by atoms with Crippen LogP contribution in [0.25, 0.3) is 0 Å². The van der Waals surface area contributed by atoms with E-state index in [0.29, 0.717) is 123 Å². The Morgan fingerprint density at radius 1 is 0.474 bits per heavy atom. The van der Waals surface area contributed by atoms with Crippen molar-refractivity contribution in [2.45, 2.75) is 318 Å². The number of aromatic nitrogens is 9. The first-order valence-electron chi connectivity index (χ1n) is 39.1. The molecular weight excluding hydrogens is 1300 g/mol. The third-order valence-corrected chi connectivity index (χ3v) is 31.9. The van der Waals surface area contributed by atoms with Crippen LogP contribution in [0.2, 0.25) is 0 Å². The molecule has 0 saturated heterocycles. The minimum atomic E-state index is -1.12. The van der Waals surface area contributed by atoms with Crippen molar-refractivity contribution < 1.29 is 42.9 Å². The number of hydrogen-bond acceptors (Lipinski definition) is 12. The van der Waals surface area contributed by atoms with Gasteiger partial charge in [-0.2, -0.15) is 30.4 Å². The SMILES string of the molecule is C[C@@]1(O)CC[C@]2(F)C3CC[C@]4(C)[C@@H](C(=O)CBr)CC[C@H]4[C@@H]3CC[C@@H]2C1.C[C@@]1(O)CC[C@]2(F)C3CC[C@]4(C)[C@@H](C(=O)Cn5cc(C6CC6)nn5)CC[C@H]4[C@@H]3CC[C@@H]2C1.C[C@@]1(O)CC[C@]2(F)C3CC[C@]4(C)[C@@H](C(=O)Cn5ncc(C6CC6)n5)CC[C@H]4[C@@H]3CC[C@@H]2C1.c1n[nH]nc1C1CC1. The van der Waals surface area contributed by atoms with Crippen molar-refractivity contribution in [3.63, 3.8) is 0 Å². The topological polar surface area (TPSA) is 215 Å². The summed E-state index contributed by atoms with van der Waals surface area (Å²) in [5.41, 5.74) is -2.17. The molecule has 0 amide bonds. The number of H-pyrrole nitrogens is 1. The molecule has 3 heterocycles. The molecule has 97 heavy (non-hydrogen) atoms. The lowest BCUT2D eigenvalue weighted by Gasteiger charge is -2.59. The fourth-order valence-electron chi connectivity index (χ4n) is 25.8. The van der Waals surface area contributed by atoms with Crippen molar-refractivity contribution >= 4 is 33.3 Å². The molecule has 536 valence electrons. The van der Waals surface area contributed by atoms with Crippen LogP contribution in [0.4, 0.5) is 13.2 Å². The van der Waals surface area contributed by atoms with E-state index in [1.54, 1.807) is 15.7 Å². The van der Waals surface area contributed by atoms with Crippen LogP contribution < -0.4 is 0 Å². The maximum atomic E-state index is 16.5. The zero-order chi connectivity index (χ0) is 68.0. The van der Waals surface area contributed by atoms with Crippen molar-refractivity contribution in [3.05, 3.63) is 35.7 Å². The molecule has 18 rings (SSSR count). The van der Waals surface area contributed by atoms with Crippen molar-refractivity contribution in [3.8, 4) is 0 Å². The summed E-state index contributed by atoms with van der Waals surface area (Å²) in [6.07, 6.45) is 35.6. The molecule has 0 aliphatic heterocycles. The lowest BCUT2D eigenvalue weighted by atomic mass is 9.48. The quantitative estimate of drug-likeness (QED) is 0.132. The number of carbonyl (C=O) groups is 3. The Labute approximate surface area is 582 Å². The number of fused-ring (bicyclic) bond motifs is 15. The molecular formula is C78H115BrF3N9O6. The van der Waals surface area contributed by atoms with Gasteiger partial charge in [-0.15, -0.1) is 5.10 Å². The molecule has 4 N–H and O–H groups in total. The summed E-state index contributed by atoms with van der Waals surface area (Å²) in [5.74, 6) is 6.04. The molecule has 15 aliphatic rings. The third-order valence-electron chi connectivity index (χ3n) is 31.4. The highest BCUT2D eigenvalue weighted by molar-refractivity contribution is 9.09. The van der Waals surface area contributed by atoms with Gasteiger partial charge in [-0.05, 0) is 320 Å². The summed E-state index contributed by atoms with van der Waals surface area (Å²) in [5, 5.41) is 59.6. The van der Waals surface area contributed by atoms with Gasteiger partial charge in [0.2, 0.25) is 0 Å². The van der Waals surface area contributed by atoms with Crippen LogP contribution in [0, 0.1) is 105 Å². The van der Waals surface area contributed by atoms with Crippen LogP contribution in [0.15, 0.2) is 18.6 Å². The number of Topliss-reactive ketones (excluding diaryl/α,β-unsaturated/α-hetero) is 3. The second kappa shape index (κ2) is 25.5. The first-order chi connectivity index (χ1) is 46.1. The molecule has 3 aromatic rings. The van der Waals surface area contributed by atoms with Crippen molar-refractivity contribution in [2.24, 2.45) is 105 Å². The number of halogens is 4. The van der Waals surface area contributed by atoms with E-state index in [1.807, 2.05) is 33.2 Å². The summed E-state index contributed by atoms with van der Waals surface area (Å²) in [6, 6.07) is 0. The highest BCUT2D eigenvalue weighted by atomic mass is 79.9. The number of nitrogens with one attached hydrogen (secondary N) is 1. The predicted molar refractivity (Wildman–Crippen MR) is 366 cm³/mol. The van der Waals surface area contributed by atoms with E-state index in [9.17, 15) is 29.7 Å². The number of carbonyl (C=O) groups excluding carboxylic acids is 3. The molecule has 0 aromatic carbocycles. The molecule has 15 aliphatic carbocycles. The van der Waals surface area contributed by atoms with Gasteiger partial charge in [-0.3, -0.25) is 14.4 Å². The molecule has 3 unspecified atom stereocenters. The Kier molecular flexibility index (Phi) is 18.2. The zero-order valence-electron chi connectivity index (χ0n) is 59.2. The van der Waals surface area contributed by atoms with Crippen LogP contribution in [0.1, 0.15) is 288 Å². The van der Waals surface area contributed by atoms with E-state index in [1.165, 1.54) is 38.5 Å². The number of aliphatic hydroxyl groups is 3. The minimum absolute atomic E-state index is 0.00208. The summed E-state index contributed by atoms with van der Waals surface area (Å²) in [6.45, 7) is 13.2. The van der Waals surface area contributed by atoms with E-state index in [0.717, 1.165) is 139 Å². The van der Waals surface area contributed by atoms with E-state index < -0.39 is 33.8 Å². The van der Waals surface area contributed by atoms with Crippen molar-refractivity contribution in [1.29, 1.82) is 0 Å². The molecule has 0 spiro atoms. The average Bonchev–Trinajstić information content (AvgIpc) is 1.71. The Hall–Kier alpha value is -3.42. The lowest BCUT2D eigenvalue weighted by Crippen LogP contribution is -2.58. The molecule has 15 saturated carbocycles. The molecule has 3 aromatic heterocycles. The molecule has 0 bridgehead atoms. The Balaban J connectivity index is 0.000000113. The second-order valence-corrected chi connectivity index (χ2v) is 37.8. The fourth-order valence-corrected chi connectivity index (χ4v) is 26.2. The smallest absolute Gasteiger partial charge is 0.159 e. The Morgan fingerprint density at radius 2 is 0.876 bits per heavy atom. The first kappa shape index (κ1) is 69.3. The van der Waals surface area contributed by atoms with Crippen LogP contribution in [0.5, 0.6) is 0 Å². The number of nitrogens with zero attached hydrogens (tertiary/aromatic N) is 8. The van der Waals surface area contributed by atoms with Crippen LogP contribution in [-0.2, 0) is 27.5 Å². The number of aromatic amines is 1. The summed E-state index contributed by atoms with van der Waals surface area (Å²) < 4.78 is 51.0. The van der Waals surface area contributed by atoms with Gasteiger partial charge in [0.15, 0.2) is 11.6 Å². The van der Waals surface area contributed by atoms with Crippen LogP contribution in [0.3, 0.4) is 0 Å². The third kappa shape index (κ3) is 12.7. The normalized spacial score (nSPS) is 47.5. The van der Waals surface area contributed by atoms with Gasteiger partial charge in [-0.25, -0.2) is 17.9 Å². The molecule has 24 atom stereocenters. The predicted octanol–water partition coefficient (Wildman–Crippen LogP) is 15.4. The minimum Gasteiger partial charge on any atom is -0.390 e. The standard InChI is InChI=1S/2C26H38FN3O2.C21H32BrFO2.C5H7N3/c1-24(32)11-12-26(27)17(13-24)5-6-18-19-7-8-21(25(19,2)10-9-20(18)26)23(31)15-30-14-22(28-29-30)16-3-4-16;1-24(32)11-12-26(27)17(13-24)5-6-18-19-7-8-21(25(19,2)10-9-20(18)26)23(31)15-30-28-14-22(29-30)16-3-4-16;1-19(25)9-10-21(23)13(11-19)3-4-14-15-5-6-17(18(24)12-22)20(15,2)8-7-16(14)21;1-2-4(1)5-3-6-8-7-5/h2*14,16-21,32H,3-13,15H2,1-2H3;13-17,25H,3-12H2,1-2H3;3-4H,1-2H2,(H,6,7,8)/t2*17-,18+,19+,20?,21-,24-,25+,26-;13-,14+,15+,16?,17-,19-,20+,21-;/m111./s1. The van der Waals surface area contributed by atoms with Gasteiger partial charge >= 0.3 is 0 Å². The number of ketones is 3. The number of alkyl halides is 4. The van der Waals surface area contributed by atoms with E-state index >= 15 is 13.2 Å². The van der Waals surface area contributed by atoms with Crippen LogP contribution >= 0.6 is 15.9 Å². The van der Waals surface area contributed by atoms with Crippen molar-refractivity contribution in [2.75, 3.05) is 5.33 Å². The van der Waals surface area contributed by atoms with Crippen LogP contribution in [-0.4, -0.2) is 117 Å². The molecule has 19 heteroatoms. The van der Waals surface area contributed by atoms with Gasteiger partial charge in [0, 0.05) is 41.7 Å². The monoisotopic (exact) mass is 1410 g/mol. The Morgan fingerprint density at radius 3 is 1.28 bits per heavy atom. The highest BCUT2D eigenvalue weighted by Crippen LogP contribution is 2.70. The number of rotatable bonds is 11. The Bertz CT molecular complexity index is 3220. The average molecular weight is 1410 g/mol. The first-order valence-corrected chi connectivity index (χ1v) is 40.2. The van der Waals surface area contributed by atoms with Gasteiger partial charge in [-0.1, -0.05) is 41.9 Å². The molecule has 15 nitrogen and oxygen atoms in total. The maximum absolute atomic E-state index is 16.5. The number of hydrogen-bond donors (Lipinski definition) is 4. The molecule has 0 radical (unpaired) electrons. The van der Waals surface area contributed by atoms with Crippen molar-refractivity contribution in [1.82, 2.24) is 45.4 Å². The van der Waals surface area contributed by atoms with E-state index in [-0.39, 0.29) is 87.6 Å². The lowest BCUT2D eigenvalue weighted by molar-refractivity contribution is -0.166. The largest absolute Gasteiger partial charge is 0.390 e. The second-order valence-electron chi connectivity index (χ2n) is 37.3. The maximum Gasteiger partial charge on any atom is 0.159 e. The van der Waals surface area contributed by atoms with E-state index in [2.05, 4.69) is 72.6 Å².